The molecule has 32 heavy (non-hydrogen) atoms. The summed E-state index contributed by atoms with van der Waals surface area (Å²) in [5.41, 5.74) is 3.46. The predicted molar refractivity (Wildman–Crippen MR) is 116 cm³/mol. The third-order valence-corrected chi connectivity index (χ3v) is 5.49. The Bertz CT molecular complexity index is 1110. The zero-order valence-corrected chi connectivity index (χ0v) is 18.1. The highest BCUT2D eigenvalue weighted by atomic mass is 16.5. The van der Waals surface area contributed by atoms with E-state index in [-0.39, 0.29) is 18.2 Å². The fourth-order valence-electron chi connectivity index (χ4n) is 3.75. The van der Waals surface area contributed by atoms with Crippen LogP contribution in [0.3, 0.4) is 0 Å². The lowest BCUT2D eigenvalue weighted by atomic mass is 10.0. The number of methoxy groups -OCH3 is 2. The van der Waals surface area contributed by atoms with Gasteiger partial charge in [-0.25, -0.2) is 0 Å². The van der Waals surface area contributed by atoms with Crippen LogP contribution in [-0.2, 0) is 30.7 Å². The zero-order valence-electron chi connectivity index (χ0n) is 18.1. The van der Waals surface area contributed by atoms with Crippen LogP contribution in [0.2, 0.25) is 0 Å². The molecular formula is C23H25N5O4. The highest BCUT2D eigenvalue weighted by molar-refractivity contribution is 5.94. The van der Waals surface area contributed by atoms with Crippen molar-refractivity contribution in [2.24, 2.45) is 0 Å². The smallest absolute Gasteiger partial charge is 0.272 e. The number of hydrogen-bond acceptors (Lipinski definition) is 6. The maximum Gasteiger partial charge on any atom is 0.272 e. The number of benzene rings is 1. The van der Waals surface area contributed by atoms with Crippen molar-refractivity contribution in [2.75, 3.05) is 20.8 Å². The van der Waals surface area contributed by atoms with Crippen molar-refractivity contribution in [3.8, 4) is 11.5 Å². The van der Waals surface area contributed by atoms with Gasteiger partial charge in [0.25, 0.3) is 5.91 Å². The number of ether oxygens (including phenoxy) is 2. The summed E-state index contributed by atoms with van der Waals surface area (Å²) in [6.45, 7) is 1.18. The molecule has 3 aromatic rings. The molecule has 0 saturated carbocycles. The minimum absolute atomic E-state index is 0.0525. The molecule has 1 aliphatic heterocycles. The number of rotatable bonds is 7. The van der Waals surface area contributed by atoms with Gasteiger partial charge < -0.3 is 19.7 Å². The van der Waals surface area contributed by atoms with E-state index in [1.54, 1.807) is 43.5 Å². The van der Waals surface area contributed by atoms with E-state index in [1.807, 2.05) is 18.2 Å². The van der Waals surface area contributed by atoms with E-state index in [2.05, 4.69) is 20.5 Å². The molecule has 2 aromatic heterocycles. The van der Waals surface area contributed by atoms with Crippen molar-refractivity contribution < 1.29 is 19.1 Å². The van der Waals surface area contributed by atoms with Crippen LogP contribution < -0.4 is 14.8 Å². The largest absolute Gasteiger partial charge is 0.497 e. The van der Waals surface area contributed by atoms with Gasteiger partial charge in [0, 0.05) is 42.5 Å². The molecule has 0 saturated heterocycles. The normalized spacial score (nSPS) is 12.8. The monoisotopic (exact) mass is 435 g/mol. The summed E-state index contributed by atoms with van der Waals surface area (Å²) in [7, 11) is 3.16. The molecule has 0 bridgehead atoms. The Morgan fingerprint density at radius 2 is 2.06 bits per heavy atom. The van der Waals surface area contributed by atoms with Gasteiger partial charge in [0.15, 0.2) is 5.69 Å². The fraction of sp³-hybridized carbons (Fsp3) is 0.304. The van der Waals surface area contributed by atoms with Crippen LogP contribution in [0.4, 0.5) is 0 Å². The van der Waals surface area contributed by atoms with E-state index < -0.39 is 0 Å². The van der Waals surface area contributed by atoms with Crippen molar-refractivity contribution in [3.63, 3.8) is 0 Å². The molecule has 166 valence electrons. The van der Waals surface area contributed by atoms with E-state index in [0.717, 1.165) is 22.5 Å². The first-order chi connectivity index (χ1) is 15.6. The summed E-state index contributed by atoms with van der Waals surface area (Å²) >= 11 is 0. The van der Waals surface area contributed by atoms with Crippen LogP contribution in [0.25, 0.3) is 0 Å². The molecule has 0 atom stereocenters. The lowest BCUT2D eigenvalue weighted by Crippen LogP contribution is -2.37. The van der Waals surface area contributed by atoms with E-state index >= 15 is 0 Å². The van der Waals surface area contributed by atoms with Crippen molar-refractivity contribution in [1.82, 2.24) is 25.4 Å². The maximum absolute atomic E-state index is 13.0. The van der Waals surface area contributed by atoms with Gasteiger partial charge >= 0.3 is 0 Å². The molecule has 0 aliphatic carbocycles. The number of aromatic amines is 1. The standard InChI is InChI=1S/C23H25N5O4/c1-31-17-6-7-20(32-2)15(11-17)12-21(29)28-10-8-19-18(14-28)22(27-26-19)23(30)25-13-16-5-3-4-9-24-16/h3-7,9,11H,8,10,12-14H2,1-2H3,(H,25,30)(H,26,27). The van der Waals surface area contributed by atoms with Gasteiger partial charge in [-0.05, 0) is 30.3 Å². The number of fused-ring (bicyclic) bond motifs is 1. The van der Waals surface area contributed by atoms with E-state index in [0.29, 0.717) is 43.2 Å². The topological polar surface area (TPSA) is 109 Å². The van der Waals surface area contributed by atoms with Gasteiger partial charge in [0.2, 0.25) is 5.91 Å². The number of carbonyl (C=O) groups is 2. The molecule has 9 nitrogen and oxygen atoms in total. The number of hydrogen-bond donors (Lipinski definition) is 2. The van der Waals surface area contributed by atoms with E-state index in [4.69, 9.17) is 9.47 Å². The lowest BCUT2D eigenvalue weighted by molar-refractivity contribution is -0.131. The summed E-state index contributed by atoms with van der Waals surface area (Å²) in [6.07, 6.45) is 2.46. The van der Waals surface area contributed by atoms with Gasteiger partial charge in [-0.2, -0.15) is 5.10 Å². The van der Waals surface area contributed by atoms with Gasteiger partial charge in [-0.3, -0.25) is 19.7 Å². The maximum atomic E-state index is 13.0. The molecule has 9 heteroatoms. The molecule has 4 rings (SSSR count). The summed E-state index contributed by atoms with van der Waals surface area (Å²) < 4.78 is 10.7. The molecule has 0 radical (unpaired) electrons. The van der Waals surface area contributed by atoms with Gasteiger partial charge in [-0.15, -0.1) is 0 Å². The summed E-state index contributed by atoms with van der Waals surface area (Å²) in [4.78, 5) is 31.7. The minimum atomic E-state index is -0.295. The Kier molecular flexibility index (Phi) is 6.34. The van der Waals surface area contributed by atoms with Crippen molar-refractivity contribution in [2.45, 2.75) is 25.9 Å². The Morgan fingerprint density at radius 3 is 2.81 bits per heavy atom. The van der Waals surface area contributed by atoms with Crippen LogP contribution in [0.1, 0.15) is 33.0 Å². The summed E-state index contributed by atoms with van der Waals surface area (Å²) in [6, 6.07) is 10.9. The number of amides is 2. The average molecular weight is 435 g/mol. The van der Waals surface area contributed by atoms with Crippen LogP contribution >= 0.6 is 0 Å². The van der Waals surface area contributed by atoms with Crippen LogP contribution in [0.5, 0.6) is 11.5 Å². The highest BCUT2D eigenvalue weighted by Crippen LogP contribution is 2.26. The van der Waals surface area contributed by atoms with Crippen molar-refractivity contribution >= 4 is 11.8 Å². The molecule has 0 spiro atoms. The number of aromatic nitrogens is 3. The first kappa shape index (κ1) is 21.4. The SMILES string of the molecule is COc1ccc(OC)c(CC(=O)N2CCc3[nH]nc(C(=O)NCc4ccccn4)c3C2)c1. The molecule has 0 unspecified atom stereocenters. The molecule has 1 aliphatic rings. The Labute approximate surface area is 185 Å². The molecule has 3 heterocycles. The van der Waals surface area contributed by atoms with E-state index in [9.17, 15) is 9.59 Å². The second-order valence-electron chi connectivity index (χ2n) is 7.45. The fourth-order valence-corrected chi connectivity index (χ4v) is 3.75. The number of H-pyrrole nitrogens is 1. The number of carbonyl (C=O) groups excluding carboxylic acids is 2. The van der Waals surface area contributed by atoms with Gasteiger partial charge in [0.1, 0.15) is 11.5 Å². The first-order valence-corrected chi connectivity index (χ1v) is 10.3. The Hall–Kier alpha value is -3.88. The Morgan fingerprint density at radius 1 is 1.19 bits per heavy atom. The van der Waals surface area contributed by atoms with E-state index in [1.165, 1.54) is 0 Å². The molecular weight excluding hydrogens is 410 g/mol. The molecule has 2 N–H and O–H groups in total. The molecule has 1 aromatic carbocycles. The van der Waals surface area contributed by atoms with Crippen molar-refractivity contribution in [3.05, 3.63) is 70.8 Å². The first-order valence-electron chi connectivity index (χ1n) is 10.3. The lowest BCUT2D eigenvalue weighted by Gasteiger charge is -2.27. The summed E-state index contributed by atoms with van der Waals surface area (Å²) in [5, 5.41) is 10.00. The van der Waals surface area contributed by atoms with Gasteiger partial charge in [0.05, 0.1) is 32.9 Å². The third-order valence-electron chi connectivity index (χ3n) is 5.49. The highest BCUT2D eigenvalue weighted by Gasteiger charge is 2.28. The number of nitrogens with one attached hydrogen (secondary N) is 2. The Balaban J connectivity index is 1.45. The van der Waals surface area contributed by atoms with Crippen LogP contribution in [-0.4, -0.2) is 52.7 Å². The quantitative estimate of drug-likeness (QED) is 0.587. The number of nitrogens with zero attached hydrogens (tertiary/aromatic N) is 3. The minimum Gasteiger partial charge on any atom is -0.497 e. The van der Waals surface area contributed by atoms with Crippen molar-refractivity contribution in [1.29, 1.82) is 0 Å². The van der Waals surface area contributed by atoms with Crippen LogP contribution in [0.15, 0.2) is 42.6 Å². The third kappa shape index (κ3) is 4.56. The summed E-state index contributed by atoms with van der Waals surface area (Å²) in [5.74, 6) is 0.950. The zero-order chi connectivity index (χ0) is 22.5. The predicted octanol–water partition coefficient (Wildman–Crippen LogP) is 1.88. The van der Waals surface area contributed by atoms with Gasteiger partial charge in [-0.1, -0.05) is 6.07 Å². The number of pyridine rings is 1. The van der Waals surface area contributed by atoms with Crippen LogP contribution in [0, 0.1) is 0 Å². The molecule has 0 fully saturated rings. The second-order valence-corrected chi connectivity index (χ2v) is 7.45. The molecule has 2 amide bonds. The second kappa shape index (κ2) is 9.51. The average Bonchev–Trinajstić information content (AvgIpc) is 3.26.